The zero-order chi connectivity index (χ0) is 23.7. The van der Waals surface area contributed by atoms with Crippen molar-refractivity contribution in [1.29, 1.82) is 5.26 Å². The molecule has 0 radical (unpaired) electrons. The molecule has 34 heavy (non-hydrogen) atoms. The number of aromatic nitrogens is 1. The molecular weight excluding hydrogens is 422 g/mol. The Morgan fingerprint density at radius 1 is 0.941 bits per heavy atom. The summed E-state index contributed by atoms with van der Waals surface area (Å²) in [6, 6.07) is 26.4. The summed E-state index contributed by atoms with van der Waals surface area (Å²) < 4.78 is 11.7. The zero-order valence-corrected chi connectivity index (χ0v) is 19.7. The van der Waals surface area contributed by atoms with Gasteiger partial charge in [-0.1, -0.05) is 36.4 Å². The van der Waals surface area contributed by atoms with Crippen molar-refractivity contribution in [2.24, 2.45) is 0 Å². The lowest BCUT2D eigenvalue weighted by molar-refractivity contribution is -0.00521. The molecular formula is C29H27N3O2. The van der Waals surface area contributed by atoms with Gasteiger partial charge in [0.2, 0.25) is 0 Å². The van der Waals surface area contributed by atoms with Crippen molar-refractivity contribution in [3.05, 3.63) is 78.4 Å². The largest absolute Gasteiger partial charge is 0.496 e. The number of methoxy groups -OCH3 is 1. The minimum Gasteiger partial charge on any atom is -0.496 e. The van der Waals surface area contributed by atoms with Crippen LogP contribution in [0.5, 0.6) is 5.75 Å². The van der Waals surface area contributed by atoms with E-state index in [-0.39, 0.29) is 12.2 Å². The molecule has 0 bridgehead atoms. The van der Waals surface area contributed by atoms with E-state index >= 15 is 0 Å². The van der Waals surface area contributed by atoms with E-state index < -0.39 is 0 Å². The molecule has 0 amide bonds. The molecule has 4 aromatic rings. The molecule has 0 saturated carbocycles. The molecule has 0 unspecified atom stereocenters. The van der Waals surface area contributed by atoms with Crippen molar-refractivity contribution in [1.82, 2.24) is 4.98 Å². The minimum absolute atomic E-state index is 0.222. The van der Waals surface area contributed by atoms with Gasteiger partial charge >= 0.3 is 0 Å². The number of anilines is 1. The number of nitrogens with zero attached hydrogens (tertiary/aromatic N) is 3. The topological polar surface area (TPSA) is 58.4 Å². The summed E-state index contributed by atoms with van der Waals surface area (Å²) in [7, 11) is 1.69. The molecule has 1 aliphatic rings. The van der Waals surface area contributed by atoms with Crippen LogP contribution in [-0.2, 0) is 4.74 Å². The standard InChI is InChI=1S/C29H27N3O2/c1-19-17-32(18-20(2)34-19)24-13-11-23(12-14-24)27-15-28(33-3)29-25(5-4-6-26(29)31-27)22-9-7-21(16-30)8-10-22/h4-15,19-20H,17-18H2,1-3H3/t19-,20+. The number of benzene rings is 3. The van der Waals surface area contributed by atoms with E-state index in [1.54, 1.807) is 7.11 Å². The van der Waals surface area contributed by atoms with Gasteiger partial charge in [-0.05, 0) is 55.3 Å². The number of fused-ring (bicyclic) bond motifs is 1. The summed E-state index contributed by atoms with van der Waals surface area (Å²) in [4.78, 5) is 7.35. The number of hydrogen-bond acceptors (Lipinski definition) is 5. The Bertz CT molecular complexity index is 1350. The first-order chi connectivity index (χ1) is 16.6. The molecule has 1 aromatic heterocycles. The Morgan fingerprint density at radius 3 is 2.26 bits per heavy atom. The highest BCUT2D eigenvalue weighted by molar-refractivity contribution is 6.00. The quantitative estimate of drug-likeness (QED) is 0.379. The van der Waals surface area contributed by atoms with Crippen LogP contribution in [0.3, 0.4) is 0 Å². The highest BCUT2D eigenvalue weighted by Gasteiger charge is 2.22. The maximum absolute atomic E-state index is 9.12. The van der Waals surface area contributed by atoms with Crippen LogP contribution in [0.15, 0.2) is 72.8 Å². The maximum Gasteiger partial charge on any atom is 0.131 e. The van der Waals surface area contributed by atoms with Crippen molar-refractivity contribution < 1.29 is 9.47 Å². The molecule has 5 rings (SSSR count). The molecule has 2 heterocycles. The molecule has 0 aliphatic carbocycles. The van der Waals surface area contributed by atoms with Gasteiger partial charge in [0.05, 0.1) is 47.5 Å². The second kappa shape index (κ2) is 9.17. The molecule has 0 spiro atoms. The lowest BCUT2D eigenvalue weighted by Crippen LogP contribution is -2.45. The molecule has 1 aliphatic heterocycles. The van der Waals surface area contributed by atoms with Crippen molar-refractivity contribution in [2.75, 3.05) is 25.1 Å². The number of ether oxygens (including phenoxy) is 2. The summed E-state index contributed by atoms with van der Waals surface area (Å²) in [6.07, 6.45) is 0.445. The van der Waals surface area contributed by atoms with Crippen LogP contribution >= 0.6 is 0 Å². The molecule has 0 N–H and O–H groups in total. The number of morpholine rings is 1. The van der Waals surface area contributed by atoms with Gasteiger partial charge in [-0.3, -0.25) is 0 Å². The Morgan fingerprint density at radius 2 is 1.62 bits per heavy atom. The van der Waals surface area contributed by atoms with Crippen LogP contribution in [0.1, 0.15) is 19.4 Å². The smallest absolute Gasteiger partial charge is 0.131 e. The van der Waals surface area contributed by atoms with E-state index in [1.807, 2.05) is 42.5 Å². The fourth-order valence-electron chi connectivity index (χ4n) is 4.76. The first-order valence-electron chi connectivity index (χ1n) is 11.5. The molecule has 3 aromatic carbocycles. The van der Waals surface area contributed by atoms with Gasteiger partial charge in [-0.2, -0.15) is 5.26 Å². The van der Waals surface area contributed by atoms with Crippen LogP contribution < -0.4 is 9.64 Å². The third kappa shape index (κ3) is 4.21. The Balaban J connectivity index is 1.52. The van der Waals surface area contributed by atoms with Gasteiger partial charge in [-0.25, -0.2) is 4.98 Å². The monoisotopic (exact) mass is 449 g/mol. The van der Waals surface area contributed by atoms with Crippen LogP contribution in [0.25, 0.3) is 33.3 Å². The summed E-state index contributed by atoms with van der Waals surface area (Å²) in [5.41, 5.74) is 6.68. The van der Waals surface area contributed by atoms with Crippen LogP contribution in [0.2, 0.25) is 0 Å². The molecule has 1 fully saturated rings. The van der Waals surface area contributed by atoms with Gasteiger partial charge < -0.3 is 14.4 Å². The summed E-state index contributed by atoms with van der Waals surface area (Å²) in [6.45, 7) is 6.02. The molecule has 5 heteroatoms. The number of rotatable bonds is 4. The highest BCUT2D eigenvalue weighted by atomic mass is 16.5. The fourth-order valence-corrected chi connectivity index (χ4v) is 4.76. The fraction of sp³-hybridized carbons (Fsp3) is 0.241. The molecule has 2 atom stereocenters. The summed E-state index contributed by atoms with van der Waals surface area (Å²) in [5, 5.41) is 10.1. The third-order valence-electron chi connectivity index (χ3n) is 6.29. The summed E-state index contributed by atoms with van der Waals surface area (Å²) in [5.74, 6) is 0.778. The van der Waals surface area contributed by atoms with Crippen molar-refractivity contribution >= 4 is 16.6 Å². The van der Waals surface area contributed by atoms with Crippen molar-refractivity contribution in [2.45, 2.75) is 26.1 Å². The summed E-state index contributed by atoms with van der Waals surface area (Å²) >= 11 is 0. The van der Waals surface area contributed by atoms with Crippen LogP contribution in [0.4, 0.5) is 5.69 Å². The highest BCUT2D eigenvalue weighted by Crippen LogP contribution is 2.37. The van der Waals surface area contributed by atoms with Gasteiger partial charge in [0.25, 0.3) is 0 Å². The second-order valence-corrected chi connectivity index (χ2v) is 8.81. The Hall–Kier alpha value is -3.88. The molecule has 1 saturated heterocycles. The lowest BCUT2D eigenvalue weighted by atomic mass is 9.98. The lowest BCUT2D eigenvalue weighted by Gasteiger charge is -2.36. The van der Waals surface area contributed by atoms with Crippen LogP contribution in [0, 0.1) is 11.3 Å². The second-order valence-electron chi connectivity index (χ2n) is 8.81. The molecule has 170 valence electrons. The van der Waals surface area contributed by atoms with Gasteiger partial charge in [0, 0.05) is 30.4 Å². The van der Waals surface area contributed by atoms with Crippen molar-refractivity contribution in [3.8, 4) is 34.2 Å². The third-order valence-corrected chi connectivity index (χ3v) is 6.29. The average molecular weight is 450 g/mol. The maximum atomic E-state index is 9.12. The molecule has 5 nitrogen and oxygen atoms in total. The van der Waals surface area contributed by atoms with Crippen LogP contribution in [-0.4, -0.2) is 37.4 Å². The van der Waals surface area contributed by atoms with E-state index in [9.17, 15) is 0 Å². The van der Waals surface area contributed by atoms with E-state index in [4.69, 9.17) is 19.7 Å². The van der Waals surface area contributed by atoms with Gasteiger partial charge in [-0.15, -0.1) is 0 Å². The normalized spacial score (nSPS) is 18.0. The SMILES string of the molecule is COc1cc(-c2ccc(N3C[C@@H](C)O[C@@H](C)C3)cc2)nc2cccc(-c3ccc(C#N)cc3)c12. The predicted octanol–water partition coefficient (Wildman–Crippen LogP) is 6.06. The minimum atomic E-state index is 0.222. The number of nitriles is 1. The number of hydrogen-bond donors (Lipinski definition) is 0. The average Bonchev–Trinajstić information content (AvgIpc) is 2.87. The predicted molar refractivity (Wildman–Crippen MR) is 136 cm³/mol. The number of pyridine rings is 1. The van der Waals surface area contributed by atoms with E-state index in [1.165, 1.54) is 5.69 Å². The Labute approximate surface area is 200 Å². The first kappa shape index (κ1) is 21.9. The van der Waals surface area contributed by atoms with Crippen molar-refractivity contribution in [3.63, 3.8) is 0 Å². The van der Waals surface area contributed by atoms with Gasteiger partial charge in [0.15, 0.2) is 0 Å². The van der Waals surface area contributed by atoms with E-state index in [0.29, 0.717) is 5.56 Å². The van der Waals surface area contributed by atoms with E-state index in [0.717, 1.165) is 52.1 Å². The van der Waals surface area contributed by atoms with E-state index in [2.05, 4.69) is 55.1 Å². The van der Waals surface area contributed by atoms with Gasteiger partial charge in [0.1, 0.15) is 5.75 Å². The zero-order valence-electron chi connectivity index (χ0n) is 19.7. The Kier molecular flexibility index (Phi) is 5.91. The first-order valence-corrected chi connectivity index (χ1v) is 11.5.